The van der Waals surface area contributed by atoms with E-state index in [9.17, 15) is 10.2 Å². The summed E-state index contributed by atoms with van der Waals surface area (Å²) in [5.41, 5.74) is 7.80. The molecule has 1 aliphatic heterocycles. The smallest absolute Gasteiger partial charge is 0.124 e. The number of nitrogens with one attached hydrogen (secondary N) is 1. The number of nitrogens with zero attached hydrogens (tertiary/aromatic N) is 7. The van der Waals surface area contributed by atoms with Crippen LogP contribution in [0.15, 0.2) is 134 Å². The number of para-hydroxylation sites is 2. The Kier molecular flexibility index (Phi) is 16.1. The summed E-state index contributed by atoms with van der Waals surface area (Å²) in [6.45, 7) is 9.80. The third kappa shape index (κ3) is 13.3. The van der Waals surface area contributed by atoms with Crippen LogP contribution in [0.3, 0.4) is 0 Å². The van der Waals surface area contributed by atoms with Gasteiger partial charge in [-0.2, -0.15) is 0 Å². The van der Waals surface area contributed by atoms with E-state index >= 15 is 0 Å². The number of rotatable bonds is 7. The third-order valence-corrected chi connectivity index (χ3v) is 10.1. The Morgan fingerprint density at radius 1 is 0.474 bits per heavy atom. The van der Waals surface area contributed by atoms with Crippen molar-refractivity contribution in [3.05, 3.63) is 179 Å². The highest BCUT2D eigenvalue weighted by atomic mass is 16.3. The molecular formula is C47H56N8O2. The van der Waals surface area contributed by atoms with E-state index in [0.29, 0.717) is 57.3 Å². The largest absolute Gasteiger partial charge is 0.507 e. The Morgan fingerprint density at radius 2 is 0.860 bits per heavy atom. The van der Waals surface area contributed by atoms with Crippen LogP contribution in [0, 0.1) is 0 Å². The highest BCUT2D eigenvalue weighted by Gasteiger charge is 2.18. The van der Waals surface area contributed by atoms with Crippen LogP contribution in [0.1, 0.15) is 64.8 Å². The molecule has 3 N–H and O–H groups in total. The van der Waals surface area contributed by atoms with Crippen LogP contribution in [0.5, 0.6) is 11.5 Å². The fraction of sp³-hybridized carbons (Fsp3) is 0.319. The van der Waals surface area contributed by atoms with Crippen LogP contribution in [0.2, 0.25) is 0 Å². The molecule has 0 aliphatic carbocycles. The average molecular weight is 765 g/mol. The molecule has 296 valence electrons. The number of aryl methyl sites for hydroxylation is 1. The molecular weight excluding hydrogens is 709 g/mol. The summed E-state index contributed by atoms with van der Waals surface area (Å²) in [5.74, 6) is 0.718. The highest BCUT2D eigenvalue weighted by Crippen LogP contribution is 2.28. The zero-order chi connectivity index (χ0) is 39.5. The van der Waals surface area contributed by atoms with Crippen LogP contribution >= 0.6 is 0 Å². The Morgan fingerprint density at radius 3 is 1.25 bits per heavy atom. The van der Waals surface area contributed by atoms with Gasteiger partial charge in [0.25, 0.3) is 0 Å². The van der Waals surface area contributed by atoms with Crippen molar-refractivity contribution in [2.45, 2.75) is 72.0 Å². The van der Waals surface area contributed by atoms with Crippen molar-refractivity contribution in [2.75, 3.05) is 26.2 Å². The Labute approximate surface area is 337 Å². The van der Waals surface area contributed by atoms with Crippen molar-refractivity contribution in [3.8, 4) is 11.5 Å². The number of hydrogen-bond donors (Lipinski definition) is 3. The molecule has 2 aromatic carbocycles. The van der Waals surface area contributed by atoms with Gasteiger partial charge in [-0.1, -0.05) is 67.6 Å². The van der Waals surface area contributed by atoms with E-state index in [-0.39, 0.29) is 0 Å². The van der Waals surface area contributed by atoms with Crippen molar-refractivity contribution in [1.29, 1.82) is 0 Å². The van der Waals surface area contributed by atoms with Gasteiger partial charge in [-0.3, -0.25) is 34.6 Å². The van der Waals surface area contributed by atoms with Crippen molar-refractivity contribution >= 4 is 0 Å². The lowest BCUT2D eigenvalue weighted by Gasteiger charge is -2.27. The lowest BCUT2D eigenvalue weighted by Crippen LogP contribution is -2.30. The minimum absolute atomic E-state index is 0.359. The zero-order valence-corrected chi connectivity index (χ0v) is 33.1. The van der Waals surface area contributed by atoms with E-state index in [1.165, 1.54) is 0 Å². The zero-order valence-electron chi connectivity index (χ0n) is 33.1. The van der Waals surface area contributed by atoms with Gasteiger partial charge in [-0.25, -0.2) is 0 Å². The molecule has 10 heteroatoms. The summed E-state index contributed by atoms with van der Waals surface area (Å²) in [4.78, 5) is 25.0. The molecule has 1 aliphatic rings. The quantitative estimate of drug-likeness (QED) is 0.151. The van der Waals surface area contributed by atoms with Gasteiger partial charge in [-0.05, 0) is 74.3 Å². The van der Waals surface area contributed by atoms with Gasteiger partial charge >= 0.3 is 0 Å². The maximum atomic E-state index is 11.6. The first-order valence-electron chi connectivity index (χ1n) is 20.1. The van der Waals surface area contributed by atoms with Crippen LogP contribution in [-0.2, 0) is 52.2 Å². The second-order valence-electron chi connectivity index (χ2n) is 14.5. The van der Waals surface area contributed by atoms with E-state index in [2.05, 4.69) is 65.1 Å². The van der Waals surface area contributed by atoms with E-state index in [1.807, 2.05) is 116 Å². The molecule has 0 radical (unpaired) electrons. The van der Waals surface area contributed by atoms with E-state index < -0.39 is 0 Å². The molecule has 0 atom stereocenters. The van der Waals surface area contributed by atoms with Crippen LogP contribution in [0.4, 0.5) is 0 Å². The van der Waals surface area contributed by atoms with Gasteiger partial charge in [0.1, 0.15) is 11.5 Å². The van der Waals surface area contributed by atoms with Gasteiger partial charge < -0.3 is 15.5 Å². The predicted octanol–water partition coefficient (Wildman–Crippen LogP) is 7.52. The second kappa shape index (κ2) is 22.3. The van der Waals surface area contributed by atoms with Crippen molar-refractivity contribution in [3.63, 3.8) is 0 Å². The van der Waals surface area contributed by atoms with Crippen LogP contribution < -0.4 is 5.32 Å². The minimum Gasteiger partial charge on any atom is -0.507 e. The summed E-state index contributed by atoms with van der Waals surface area (Å²) in [7, 11) is 0. The first kappa shape index (κ1) is 41.1. The van der Waals surface area contributed by atoms with Crippen molar-refractivity contribution in [2.24, 2.45) is 0 Å². The number of phenolic OH excluding ortho intramolecular Hbond substituents is 2. The van der Waals surface area contributed by atoms with Gasteiger partial charge in [0.05, 0.1) is 17.1 Å². The number of phenols is 2. The number of aromatic hydroxyl groups is 2. The molecule has 4 aromatic heterocycles. The lowest BCUT2D eigenvalue weighted by atomic mass is 10.1. The molecule has 6 aromatic rings. The first-order chi connectivity index (χ1) is 28.0. The highest BCUT2D eigenvalue weighted by molar-refractivity contribution is 5.41. The monoisotopic (exact) mass is 764 g/mol. The Balaban J connectivity index is 0.000000612. The topological polar surface area (TPSA) is 114 Å². The first-order valence-corrected chi connectivity index (χ1v) is 20.1. The van der Waals surface area contributed by atoms with Crippen molar-refractivity contribution in [1.82, 2.24) is 40.0 Å². The summed E-state index contributed by atoms with van der Waals surface area (Å²) >= 11 is 0. The maximum absolute atomic E-state index is 11.6. The number of pyridine rings is 4. The summed E-state index contributed by atoms with van der Waals surface area (Å²) in [6.07, 6.45) is 10.1. The van der Waals surface area contributed by atoms with Crippen LogP contribution in [0.25, 0.3) is 0 Å². The third-order valence-electron chi connectivity index (χ3n) is 10.1. The fourth-order valence-corrected chi connectivity index (χ4v) is 7.12. The summed E-state index contributed by atoms with van der Waals surface area (Å²) in [5, 5.41) is 26.6. The molecule has 0 saturated heterocycles. The molecule has 4 bridgehead atoms. The summed E-state index contributed by atoms with van der Waals surface area (Å²) in [6, 6.07) is 36.2. The Hall–Kier alpha value is -5.52. The molecule has 0 fully saturated rings. The number of hydrogen-bond acceptors (Lipinski definition) is 10. The van der Waals surface area contributed by atoms with Gasteiger partial charge in [0.2, 0.25) is 0 Å². The van der Waals surface area contributed by atoms with Gasteiger partial charge in [0, 0.05) is 118 Å². The fourth-order valence-electron chi connectivity index (χ4n) is 7.12. The molecule has 0 saturated carbocycles. The normalized spacial score (nSPS) is 15.2. The Bertz CT molecular complexity index is 2040. The number of aromatic nitrogens is 4. The minimum atomic E-state index is 0.359. The second-order valence-corrected chi connectivity index (χ2v) is 14.5. The number of fused-ring (bicyclic) bond motifs is 4. The summed E-state index contributed by atoms with van der Waals surface area (Å²) < 4.78 is 0. The van der Waals surface area contributed by atoms with E-state index in [4.69, 9.17) is 0 Å². The molecule has 10 nitrogen and oxygen atoms in total. The molecule has 5 heterocycles. The SMILES string of the molecule is CCc1ccccn1.Oc1c2cccc1CN(Cc1ccccn1)CCCN(Cc1ccccn1)Cc1cccc(c1O)CN(Cc1ccccn1)CCCNC2. The van der Waals surface area contributed by atoms with Crippen molar-refractivity contribution < 1.29 is 10.2 Å². The van der Waals surface area contributed by atoms with E-state index in [1.54, 1.807) is 0 Å². The van der Waals surface area contributed by atoms with E-state index in [0.717, 1.165) is 90.5 Å². The number of benzene rings is 2. The molecule has 57 heavy (non-hydrogen) atoms. The maximum Gasteiger partial charge on any atom is 0.124 e. The average Bonchev–Trinajstić information content (AvgIpc) is 3.24. The predicted molar refractivity (Wildman–Crippen MR) is 226 cm³/mol. The standard InChI is InChI=1S/C40H47N7O2.C7H9N/c48-39-32-11-7-12-33(39)26-46(30-37-16-2-5-20-43-37)23-10-24-47(31-38-17-3-6-21-44-38)28-35-14-8-13-34(40(35)49)27-45(22-9-18-41-25-32)29-36-15-1-4-19-42-36;1-2-7-5-3-4-6-8-7/h1-8,11-17,19-21,41,48-49H,9-10,18,22-31H2;3-6H,2H2,1H3. The van der Waals surface area contributed by atoms with Crippen LogP contribution in [-0.4, -0.2) is 71.0 Å². The molecule has 0 amide bonds. The van der Waals surface area contributed by atoms with Gasteiger partial charge in [0.15, 0.2) is 0 Å². The molecule has 7 rings (SSSR count). The molecule has 0 unspecified atom stereocenters. The lowest BCUT2D eigenvalue weighted by molar-refractivity contribution is 0.202. The van der Waals surface area contributed by atoms with Gasteiger partial charge in [-0.15, -0.1) is 0 Å². The molecule has 0 spiro atoms.